The van der Waals surface area contributed by atoms with Gasteiger partial charge in [-0.15, -0.1) is 0 Å². The van der Waals surface area contributed by atoms with Crippen LogP contribution in [0.15, 0.2) is 29.2 Å². The number of rotatable bonds is 7. The number of nitrogens with one attached hydrogen (secondary N) is 1. The van der Waals surface area contributed by atoms with Gasteiger partial charge in [0.1, 0.15) is 0 Å². The molecule has 1 rings (SSSR count). The normalized spacial score (nSPS) is 15.2. The van der Waals surface area contributed by atoms with Crippen LogP contribution in [0.5, 0.6) is 0 Å². The summed E-state index contributed by atoms with van der Waals surface area (Å²) >= 11 is 5.74. The maximum absolute atomic E-state index is 12.2. The van der Waals surface area contributed by atoms with E-state index in [0.717, 1.165) is 6.42 Å². The smallest absolute Gasteiger partial charge is 0.240 e. The number of benzene rings is 1. The van der Waals surface area contributed by atoms with E-state index in [9.17, 15) is 8.42 Å². The lowest BCUT2D eigenvalue weighted by molar-refractivity contribution is 0.250. The Morgan fingerprint density at radius 3 is 2.37 bits per heavy atom. The number of aliphatic hydroxyl groups excluding tert-OH is 1. The second-order valence-electron chi connectivity index (χ2n) is 4.58. The lowest BCUT2D eigenvalue weighted by atomic mass is 9.98. The zero-order valence-corrected chi connectivity index (χ0v) is 12.7. The first-order chi connectivity index (χ1) is 8.90. The van der Waals surface area contributed by atoms with E-state index in [1.807, 2.05) is 13.8 Å². The summed E-state index contributed by atoms with van der Waals surface area (Å²) in [4.78, 5) is 0.183. The predicted octanol–water partition coefficient (Wildman–Crippen LogP) is 2.42. The quantitative estimate of drug-likeness (QED) is 0.813. The molecule has 0 fully saturated rings. The van der Waals surface area contributed by atoms with Crippen LogP contribution in [0.4, 0.5) is 0 Å². The number of halogens is 1. The van der Waals surface area contributed by atoms with Crippen molar-refractivity contribution >= 4 is 21.6 Å². The third-order valence-electron chi connectivity index (χ3n) is 3.20. The molecule has 0 heterocycles. The van der Waals surface area contributed by atoms with Gasteiger partial charge in [-0.25, -0.2) is 13.1 Å². The van der Waals surface area contributed by atoms with Gasteiger partial charge < -0.3 is 5.11 Å². The van der Waals surface area contributed by atoms with Crippen LogP contribution < -0.4 is 4.72 Å². The zero-order chi connectivity index (χ0) is 14.5. The standard InChI is InChI=1S/C13H20ClNO3S/c1-3-10(2)13(8-9-16)15-19(17,18)12-6-4-11(14)5-7-12/h4-7,10,13,15-16H,3,8-9H2,1-2H3. The van der Waals surface area contributed by atoms with Crippen LogP contribution in [0.25, 0.3) is 0 Å². The summed E-state index contributed by atoms with van der Waals surface area (Å²) < 4.78 is 27.1. The van der Waals surface area contributed by atoms with E-state index in [0.29, 0.717) is 11.4 Å². The van der Waals surface area contributed by atoms with Crippen molar-refractivity contribution < 1.29 is 13.5 Å². The van der Waals surface area contributed by atoms with E-state index >= 15 is 0 Å². The van der Waals surface area contributed by atoms with Crippen molar-refractivity contribution in [2.75, 3.05) is 6.61 Å². The summed E-state index contributed by atoms with van der Waals surface area (Å²) in [5, 5.41) is 9.53. The highest BCUT2D eigenvalue weighted by atomic mass is 35.5. The van der Waals surface area contributed by atoms with Gasteiger partial charge >= 0.3 is 0 Å². The molecule has 19 heavy (non-hydrogen) atoms. The van der Waals surface area contributed by atoms with E-state index in [1.54, 1.807) is 12.1 Å². The Labute approximate surface area is 119 Å². The molecule has 6 heteroatoms. The molecule has 0 saturated heterocycles. The summed E-state index contributed by atoms with van der Waals surface area (Å²) in [7, 11) is -3.57. The van der Waals surface area contributed by atoms with Gasteiger partial charge in [-0.1, -0.05) is 31.9 Å². The molecule has 2 atom stereocenters. The Balaban J connectivity index is 2.90. The average molecular weight is 306 g/mol. The fourth-order valence-electron chi connectivity index (χ4n) is 1.76. The molecule has 0 aromatic heterocycles. The summed E-state index contributed by atoms with van der Waals surface area (Å²) in [5.41, 5.74) is 0. The largest absolute Gasteiger partial charge is 0.396 e. The van der Waals surface area contributed by atoms with E-state index in [-0.39, 0.29) is 23.5 Å². The van der Waals surface area contributed by atoms with Gasteiger partial charge in [-0.3, -0.25) is 0 Å². The molecule has 2 N–H and O–H groups in total. The first-order valence-corrected chi connectivity index (χ1v) is 8.15. The number of aliphatic hydroxyl groups is 1. The molecule has 0 aliphatic carbocycles. The van der Waals surface area contributed by atoms with E-state index in [2.05, 4.69) is 4.72 Å². The molecule has 1 aromatic rings. The van der Waals surface area contributed by atoms with Gasteiger partial charge in [0.25, 0.3) is 0 Å². The second kappa shape index (κ2) is 7.24. The monoisotopic (exact) mass is 305 g/mol. The van der Waals surface area contributed by atoms with Crippen molar-refractivity contribution in [1.82, 2.24) is 4.72 Å². The lowest BCUT2D eigenvalue weighted by Gasteiger charge is -2.23. The Morgan fingerprint density at radius 1 is 1.32 bits per heavy atom. The minimum atomic E-state index is -3.57. The lowest BCUT2D eigenvalue weighted by Crippen LogP contribution is -2.39. The summed E-state index contributed by atoms with van der Waals surface area (Å²) in [6.45, 7) is 3.91. The minimum Gasteiger partial charge on any atom is -0.396 e. The molecule has 0 spiro atoms. The fraction of sp³-hybridized carbons (Fsp3) is 0.538. The van der Waals surface area contributed by atoms with Crippen LogP contribution in [0.3, 0.4) is 0 Å². The maximum atomic E-state index is 12.2. The molecule has 0 aliphatic rings. The third-order valence-corrected chi connectivity index (χ3v) is 4.96. The Hall–Kier alpha value is -0.620. The van der Waals surface area contributed by atoms with Crippen LogP contribution in [-0.2, 0) is 10.0 Å². The van der Waals surface area contributed by atoms with Crippen molar-refractivity contribution in [3.8, 4) is 0 Å². The van der Waals surface area contributed by atoms with Crippen molar-refractivity contribution in [2.24, 2.45) is 5.92 Å². The first kappa shape index (κ1) is 16.4. The Kier molecular flexibility index (Phi) is 6.26. The molecule has 108 valence electrons. The van der Waals surface area contributed by atoms with Crippen molar-refractivity contribution in [1.29, 1.82) is 0 Å². The van der Waals surface area contributed by atoms with Crippen LogP contribution >= 0.6 is 11.6 Å². The highest BCUT2D eigenvalue weighted by Gasteiger charge is 2.23. The highest BCUT2D eigenvalue weighted by molar-refractivity contribution is 7.89. The maximum Gasteiger partial charge on any atom is 0.240 e. The van der Waals surface area contributed by atoms with Gasteiger partial charge in [0, 0.05) is 17.7 Å². The molecule has 4 nitrogen and oxygen atoms in total. The average Bonchev–Trinajstić information content (AvgIpc) is 2.37. The Bertz CT molecular complexity index is 487. The van der Waals surface area contributed by atoms with Crippen LogP contribution in [0.1, 0.15) is 26.7 Å². The van der Waals surface area contributed by atoms with Gasteiger partial charge in [0.2, 0.25) is 10.0 Å². The van der Waals surface area contributed by atoms with Crippen molar-refractivity contribution in [3.05, 3.63) is 29.3 Å². The van der Waals surface area contributed by atoms with Crippen LogP contribution in [-0.4, -0.2) is 26.2 Å². The topological polar surface area (TPSA) is 66.4 Å². The van der Waals surface area contributed by atoms with Gasteiger partial charge in [0.15, 0.2) is 0 Å². The SMILES string of the molecule is CCC(C)C(CCO)NS(=O)(=O)c1ccc(Cl)cc1. The molecule has 1 aromatic carbocycles. The molecule has 0 aliphatic heterocycles. The number of hydrogen-bond donors (Lipinski definition) is 2. The van der Waals surface area contributed by atoms with E-state index in [1.165, 1.54) is 12.1 Å². The zero-order valence-electron chi connectivity index (χ0n) is 11.1. The number of sulfonamides is 1. The summed E-state index contributed by atoms with van der Waals surface area (Å²) in [6, 6.07) is 5.76. The van der Waals surface area contributed by atoms with Crippen molar-refractivity contribution in [2.45, 2.75) is 37.6 Å². The van der Waals surface area contributed by atoms with E-state index < -0.39 is 10.0 Å². The predicted molar refractivity (Wildman–Crippen MR) is 76.7 cm³/mol. The molecular weight excluding hydrogens is 286 g/mol. The first-order valence-electron chi connectivity index (χ1n) is 6.29. The third kappa shape index (κ3) is 4.76. The van der Waals surface area contributed by atoms with Gasteiger partial charge in [-0.2, -0.15) is 0 Å². The van der Waals surface area contributed by atoms with Crippen LogP contribution in [0, 0.1) is 5.92 Å². The summed E-state index contributed by atoms with van der Waals surface area (Å²) in [6.07, 6.45) is 1.25. The minimum absolute atomic E-state index is 0.0435. The highest BCUT2D eigenvalue weighted by Crippen LogP contribution is 2.17. The number of hydrogen-bond acceptors (Lipinski definition) is 3. The van der Waals surface area contributed by atoms with Gasteiger partial charge in [0.05, 0.1) is 4.90 Å². The fourth-order valence-corrected chi connectivity index (χ4v) is 3.27. The molecule has 0 amide bonds. The summed E-state index contributed by atoms with van der Waals surface area (Å²) in [5.74, 6) is 0.161. The second-order valence-corrected chi connectivity index (χ2v) is 6.73. The molecule has 0 radical (unpaired) electrons. The van der Waals surface area contributed by atoms with Crippen molar-refractivity contribution in [3.63, 3.8) is 0 Å². The van der Waals surface area contributed by atoms with Crippen LogP contribution in [0.2, 0.25) is 5.02 Å². The molecule has 0 bridgehead atoms. The Morgan fingerprint density at radius 2 is 1.89 bits per heavy atom. The molecule has 0 saturated carbocycles. The molecule has 2 unspecified atom stereocenters. The van der Waals surface area contributed by atoms with Gasteiger partial charge in [-0.05, 0) is 36.6 Å². The molecular formula is C13H20ClNO3S. The van der Waals surface area contributed by atoms with E-state index in [4.69, 9.17) is 16.7 Å².